The van der Waals surface area contributed by atoms with E-state index in [1.54, 1.807) is 49.1 Å². The van der Waals surface area contributed by atoms with E-state index in [1.807, 2.05) is 42.5 Å². The van der Waals surface area contributed by atoms with Crippen molar-refractivity contribution in [3.8, 4) is 0 Å². The minimum Gasteiger partial charge on any atom is -0.355 e. The molecule has 0 saturated carbocycles. The first-order valence-electron chi connectivity index (χ1n) is 10.6. The number of rotatable bonds is 6. The summed E-state index contributed by atoms with van der Waals surface area (Å²) in [6.07, 6.45) is 6.73. The summed E-state index contributed by atoms with van der Waals surface area (Å²) in [5.41, 5.74) is 4.24. The van der Waals surface area contributed by atoms with E-state index in [-0.39, 0.29) is 11.7 Å². The van der Waals surface area contributed by atoms with Crippen LogP contribution in [0.25, 0.3) is 10.8 Å². The Hall–Kier alpha value is -4.78. The van der Waals surface area contributed by atoms with E-state index in [2.05, 4.69) is 25.9 Å². The summed E-state index contributed by atoms with van der Waals surface area (Å²) in [7, 11) is 0. The molecule has 3 N–H and O–H groups in total. The number of aromatic nitrogens is 2. The van der Waals surface area contributed by atoms with Gasteiger partial charge in [0.05, 0.1) is 11.9 Å². The van der Waals surface area contributed by atoms with Crippen molar-refractivity contribution in [2.24, 2.45) is 0 Å². The van der Waals surface area contributed by atoms with Gasteiger partial charge in [0.1, 0.15) is 5.82 Å². The number of fused-ring (bicyclic) bond motifs is 1. The highest BCUT2D eigenvalue weighted by Gasteiger charge is 2.09. The number of nitrogens with one attached hydrogen (secondary N) is 3. The van der Waals surface area contributed by atoms with Crippen molar-refractivity contribution in [3.63, 3.8) is 0 Å². The molecule has 0 radical (unpaired) electrons. The largest absolute Gasteiger partial charge is 0.355 e. The highest BCUT2D eigenvalue weighted by molar-refractivity contribution is 6.05. The normalized spacial score (nSPS) is 10.6. The lowest BCUT2D eigenvalue weighted by Gasteiger charge is -2.12. The van der Waals surface area contributed by atoms with Crippen LogP contribution < -0.4 is 16.0 Å². The first-order chi connectivity index (χ1) is 16.6. The van der Waals surface area contributed by atoms with E-state index in [0.29, 0.717) is 28.0 Å². The van der Waals surface area contributed by atoms with Crippen molar-refractivity contribution in [2.45, 2.75) is 0 Å². The first-order valence-corrected chi connectivity index (χ1v) is 10.6. The van der Waals surface area contributed by atoms with Gasteiger partial charge in [-0.1, -0.05) is 12.1 Å². The molecule has 5 rings (SSSR count). The monoisotopic (exact) mass is 449 g/mol. The van der Waals surface area contributed by atoms with Crippen molar-refractivity contribution in [3.05, 3.63) is 115 Å². The number of pyridine rings is 2. The number of nitrogens with zero attached hydrogens (tertiary/aromatic N) is 2. The SMILES string of the molecule is O=C(Nc1cccc(Nc2ccncc2)c1)c1cccc(Nc2cncc3ccc(F)cc23)c1. The van der Waals surface area contributed by atoms with Crippen LogP contribution in [0.1, 0.15) is 10.4 Å². The highest BCUT2D eigenvalue weighted by atomic mass is 19.1. The van der Waals surface area contributed by atoms with Crippen LogP contribution in [0.5, 0.6) is 0 Å². The molecule has 0 spiro atoms. The minimum atomic E-state index is -0.324. The number of benzene rings is 3. The van der Waals surface area contributed by atoms with Crippen LogP contribution in [-0.2, 0) is 0 Å². The standard InChI is InChI=1S/C27H20FN5O/c28-20-8-7-19-16-30-17-26(25(19)14-20)32-22-4-1-3-18(13-22)27(34)33-24-6-2-5-23(15-24)31-21-9-11-29-12-10-21/h1-17,32H,(H,29,31)(H,33,34). The predicted molar refractivity (Wildman–Crippen MR) is 133 cm³/mol. The molecular weight excluding hydrogens is 429 g/mol. The van der Waals surface area contributed by atoms with Crippen LogP contribution in [0.3, 0.4) is 0 Å². The zero-order valence-electron chi connectivity index (χ0n) is 18.0. The molecule has 0 aliphatic heterocycles. The van der Waals surface area contributed by atoms with Crippen LogP contribution in [0.2, 0.25) is 0 Å². The third kappa shape index (κ3) is 4.83. The third-order valence-corrected chi connectivity index (χ3v) is 5.22. The van der Waals surface area contributed by atoms with Gasteiger partial charge in [-0.3, -0.25) is 14.8 Å². The molecule has 0 saturated heterocycles. The number of carbonyl (C=O) groups excluding carboxylic acids is 1. The van der Waals surface area contributed by atoms with Gasteiger partial charge in [0.2, 0.25) is 0 Å². The Morgan fingerprint density at radius 3 is 2.32 bits per heavy atom. The Bertz CT molecular complexity index is 1470. The zero-order chi connectivity index (χ0) is 23.3. The van der Waals surface area contributed by atoms with Gasteiger partial charge in [0.25, 0.3) is 5.91 Å². The average molecular weight is 449 g/mol. The van der Waals surface area contributed by atoms with Gasteiger partial charge in [0, 0.05) is 57.7 Å². The Morgan fingerprint density at radius 1 is 0.706 bits per heavy atom. The smallest absolute Gasteiger partial charge is 0.255 e. The van der Waals surface area contributed by atoms with E-state index in [1.165, 1.54) is 12.1 Å². The van der Waals surface area contributed by atoms with Crippen molar-refractivity contribution in [1.29, 1.82) is 0 Å². The second-order valence-electron chi connectivity index (χ2n) is 7.65. The summed E-state index contributed by atoms with van der Waals surface area (Å²) in [6, 6.07) is 22.9. The summed E-state index contributed by atoms with van der Waals surface area (Å²) >= 11 is 0. The Kier molecular flexibility index (Phi) is 5.82. The molecule has 2 aromatic heterocycles. The van der Waals surface area contributed by atoms with Crippen LogP contribution in [0.15, 0.2) is 104 Å². The second-order valence-corrected chi connectivity index (χ2v) is 7.65. The molecule has 0 unspecified atom stereocenters. The Balaban J connectivity index is 1.33. The molecule has 0 atom stereocenters. The van der Waals surface area contributed by atoms with Gasteiger partial charge >= 0.3 is 0 Å². The van der Waals surface area contributed by atoms with Crippen molar-refractivity contribution < 1.29 is 9.18 Å². The Morgan fingerprint density at radius 2 is 1.47 bits per heavy atom. The predicted octanol–water partition coefficient (Wildman–Crippen LogP) is 6.51. The maximum Gasteiger partial charge on any atom is 0.255 e. The second kappa shape index (κ2) is 9.38. The molecule has 3 aromatic carbocycles. The third-order valence-electron chi connectivity index (χ3n) is 5.22. The number of carbonyl (C=O) groups is 1. The van der Waals surface area contributed by atoms with Crippen LogP contribution in [0, 0.1) is 5.82 Å². The number of hydrogen-bond donors (Lipinski definition) is 3. The van der Waals surface area contributed by atoms with Crippen LogP contribution >= 0.6 is 0 Å². The van der Waals surface area contributed by atoms with E-state index in [0.717, 1.165) is 16.8 Å². The minimum absolute atomic E-state index is 0.244. The number of hydrogen-bond acceptors (Lipinski definition) is 5. The lowest BCUT2D eigenvalue weighted by atomic mass is 10.1. The maximum atomic E-state index is 13.8. The van der Waals surface area contributed by atoms with Crippen LogP contribution in [0.4, 0.5) is 32.8 Å². The molecule has 0 aliphatic rings. The molecule has 2 heterocycles. The summed E-state index contributed by atoms with van der Waals surface area (Å²) in [4.78, 5) is 21.1. The quantitative estimate of drug-likeness (QED) is 0.275. The average Bonchev–Trinajstić information content (AvgIpc) is 2.85. The highest BCUT2D eigenvalue weighted by Crippen LogP contribution is 2.27. The van der Waals surface area contributed by atoms with Crippen molar-refractivity contribution in [1.82, 2.24) is 9.97 Å². The van der Waals surface area contributed by atoms with Gasteiger partial charge in [-0.15, -0.1) is 0 Å². The fourth-order valence-electron chi connectivity index (χ4n) is 3.61. The zero-order valence-corrected chi connectivity index (χ0v) is 18.0. The molecule has 34 heavy (non-hydrogen) atoms. The summed E-state index contributed by atoms with van der Waals surface area (Å²) < 4.78 is 13.8. The van der Waals surface area contributed by atoms with E-state index < -0.39 is 0 Å². The molecule has 5 aromatic rings. The van der Waals surface area contributed by atoms with Gasteiger partial charge in [0.15, 0.2) is 0 Å². The van der Waals surface area contributed by atoms with E-state index >= 15 is 0 Å². The Labute approximate surface area is 195 Å². The number of anilines is 5. The summed E-state index contributed by atoms with van der Waals surface area (Å²) in [5.74, 6) is -0.567. The molecule has 166 valence electrons. The number of amides is 1. The van der Waals surface area contributed by atoms with Gasteiger partial charge < -0.3 is 16.0 Å². The number of halogens is 1. The molecule has 6 nitrogen and oxygen atoms in total. The first kappa shape index (κ1) is 21.1. The van der Waals surface area contributed by atoms with Crippen molar-refractivity contribution in [2.75, 3.05) is 16.0 Å². The lowest BCUT2D eigenvalue weighted by molar-refractivity contribution is 0.102. The van der Waals surface area contributed by atoms with Crippen LogP contribution in [-0.4, -0.2) is 15.9 Å². The van der Waals surface area contributed by atoms with E-state index in [4.69, 9.17) is 0 Å². The summed E-state index contributed by atoms with van der Waals surface area (Å²) in [6.45, 7) is 0. The maximum absolute atomic E-state index is 13.8. The van der Waals surface area contributed by atoms with E-state index in [9.17, 15) is 9.18 Å². The molecule has 0 bridgehead atoms. The lowest BCUT2D eigenvalue weighted by Crippen LogP contribution is -2.12. The molecule has 1 amide bonds. The molecule has 0 aliphatic carbocycles. The van der Waals surface area contributed by atoms with Gasteiger partial charge in [-0.25, -0.2) is 4.39 Å². The summed E-state index contributed by atoms with van der Waals surface area (Å²) in [5, 5.41) is 11.0. The molecule has 0 fully saturated rings. The fraction of sp³-hybridized carbons (Fsp3) is 0. The van der Waals surface area contributed by atoms with Gasteiger partial charge in [-0.2, -0.15) is 0 Å². The van der Waals surface area contributed by atoms with Crippen molar-refractivity contribution >= 4 is 45.1 Å². The molecular formula is C27H20FN5O. The molecule has 7 heteroatoms. The van der Waals surface area contributed by atoms with Gasteiger partial charge in [-0.05, 0) is 66.7 Å². The fourth-order valence-corrected chi connectivity index (χ4v) is 3.61. The topological polar surface area (TPSA) is 78.9 Å².